The van der Waals surface area contributed by atoms with Crippen LogP contribution in [-0.4, -0.2) is 61.0 Å². The summed E-state index contributed by atoms with van der Waals surface area (Å²) in [6.07, 6.45) is 2.04. The molecule has 220 valence electrons. The van der Waals surface area contributed by atoms with E-state index in [9.17, 15) is 9.59 Å². The molecule has 0 aliphatic rings. The van der Waals surface area contributed by atoms with Gasteiger partial charge in [-0.25, -0.2) is 0 Å². The van der Waals surface area contributed by atoms with Crippen molar-refractivity contribution in [3.8, 4) is 17.6 Å². The minimum absolute atomic E-state index is 0.0237. The molecule has 9 heteroatoms. The predicted octanol–water partition coefficient (Wildman–Crippen LogP) is 5.94. The number of ether oxygens (including phenoxy) is 3. The number of hydrogen-bond donors (Lipinski definition) is 2. The highest BCUT2D eigenvalue weighted by Crippen LogP contribution is 2.44. The largest absolute Gasteiger partial charge is 0.490 e. The van der Waals surface area contributed by atoms with Crippen molar-refractivity contribution in [1.82, 2.24) is 10.6 Å². The normalized spacial score (nSPS) is 13.0. The number of carbonyl (C=O) groups is 2. The zero-order valence-corrected chi connectivity index (χ0v) is 26.6. The van der Waals surface area contributed by atoms with Crippen molar-refractivity contribution in [2.45, 2.75) is 77.9 Å². The van der Waals surface area contributed by atoms with Gasteiger partial charge in [0.1, 0.15) is 19.0 Å². The number of rotatable bonds is 17. The third-order valence-corrected chi connectivity index (χ3v) is 8.92. The molecule has 0 aromatic heterocycles. The van der Waals surface area contributed by atoms with Crippen LogP contribution in [0.25, 0.3) is 0 Å². The average Bonchev–Trinajstić information content (AvgIpc) is 2.86. The lowest BCUT2D eigenvalue weighted by Gasteiger charge is -2.31. The van der Waals surface area contributed by atoms with E-state index in [2.05, 4.69) is 57.1 Å². The summed E-state index contributed by atoms with van der Waals surface area (Å²) in [5.74, 6) is 7.10. The number of benzene rings is 1. The maximum absolute atomic E-state index is 12.6. The molecule has 1 rings (SSSR count). The summed E-state index contributed by atoms with van der Waals surface area (Å²) < 4.78 is 17.8. The van der Waals surface area contributed by atoms with Crippen molar-refractivity contribution in [2.24, 2.45) is 11.8 Å². The van der Waals surface area contributed by atoms with Crippen LogP contribution in [0.4, 0.5) is 0 Å². The standard InChI is InChI=1S/C30H48N2O5S2/c1-23(2)12-10-16-31-27(33)21-35-18-19-37-30(8,39-38-29(5,6)7)22-36-26-15-9-14-25(20-26)28(34)32-17-11-13-24(3)4/h9,14-15,20,23-24H,11,13,16-19,21-22H2,1-8H3,(H,31,33)(H,32,34). The maximum Gasteiger partial charge on any atom is 0.251 e. The van der Waals surface area contributed by atoms with Crippen molar-refractivity contribution in [2.75, 3.05) is 39.5 Å². The molecule has 1 atom stereocenters. The summed E-state index contributed by atoms with van der Waals surface area (Å²) in [5, 5.41) is 5.70. The molecule has 1 aromatic rings. The molecular weight excluding hydrogens is 532 g/mol. The first-order valence-corrected chi connectivity index (χ1v) is 15.8. The topological polar surface area (TPSA) is 85.9 Å². The Morgan fingerprint density at radius 3 is 2.44 bits per heavy atom. The van der Waals surface area contributed by atoms with E-state index in [1.807, 2.05) is 32.9 Å². The summed E-state index contributed by atoms with van der Waals surface area (Å²) in [6, 6.07) is 7.20. The molecule has 2 N–H and O–H groups in total. The van der Waals surface area contributed by atoms with Crippen LogP contribution in [0.5, 0.6) is 5.75 Å². The maximum atomic E-state index is 12.6. The zero-order valence-electron chi connectivity index (χ0n) is 25.0. The Kier molecular flexibility index (Phi) is 16.7. The van der Waals surface area contributed by atoms with Crippen LogP contribution in [0, 0.1) is 23.7 Å². The third kappa shape index (κ3) is 18.2. The van der Waals surface area contributed by atoms with Crippen molar-refractivity contribution in [1.29, 1.82) is 0 Å². The number of hydrogen-bond acceptors (Lipinski definition) is 7. The molecule has 39 heavy (non-hydrogen) atoms. The average molecular weight is 581 g/mol. The second-order valence-corrected chi connectivity index (χ2v) is 14.6. The zero-order chi connectivity index (χ0) is 29.3. The van der Waals surface area contributed by atoms with Crippen LogP contribution in [-0.2, 0) is 14.3 Å². The molecule has 0 aliphatic carbocycles. The van der Waals surface area contributed by atoms with Crippen molar-refractivity contribution >= 4 is 33.4 Å². The number of nitrogens with one attached hydrogen (secondary N) is 2. The van der Waals surface area contributed by atoms with E-state index >= 15 is 0 Å². The highest BCUT2D eigenvalue weighted by Gasteiger charge is 2.30. The molecule has 0 fully saturated rings. The van der Waals surface area contributed by atoms with Gasteiger partial charge in [-0.3, -0.25) is 9.59 Å². The third-order valence-electron chi connectivity index (χ3n) is 4.94. The molecule has 0 spiro atoms. The summed E-state index contributed by atoms with van der Waals surface area (Å²) in [6.45, 7) is 18.5. The van der Waals surface area contributed by atoms with Crippen LogP contribution < -0.4 is 15.4 Å². The van der Waals surface area contributed by atoms with Crippen LogP contribution >= 0.6 is 21.6 Å². The van der Waals surface area contributed by atoms with Gasteiger partial charge in [0, 0.05) is 22.8 Å². The van der Waals surface area contributed by atoms with Gasteiger partial charge in [-0.1, -0.05) is 88.0 Å². The van der Waals surface area contributed by atoms with Gasteiger partial charge in [-0.2, -0.15) is 0 Å². The van der Waals surface area contributed by atoms with E-state index in [1.165, 1.54) is 0 Å². The lowest BCUT2D eigenvalue weighted by Crippen LogP contribution is -2.34. The molecule has 2 amide bonds. The van der Waals surface area contributed by atoms with Gasteiger partial charge in [-0.05, 0) is 43.9 Å². The Labute approximate surface area is 244 Å². The van der Waals surface area contributed by atoms with Gasteiger partial charge < -0.3 is 24.8 Å². The Morgan fingerprint density at radius 2 is 1.77 bits per heavy atom. The summed E-state index contributed by atoms with van der Waals surface area (Å²) in [5.41, 5.74) is 0.568. The minimum atomic E-state index is -0.675. The molecular formula is C30H48N2O5S2. The monoisotopic (exact) mass is 580 g/mol. The SMILES string of the molecule is CC(C)C#CCNC(=O)COCCOC(C)(COc1cccc(C(=O)NCCCC(C)C)c1)SSC(C)(C)C. The molecule has 0 aliphatic heterocycles. The van der Waals surface area contributed by atoms with E-state index < -0.39 is 4.93 Å². The van der Waals surface area contributed by atoms with Crippen molar-refractivity contribution < 1.29 is 23.8 Å². The highest BCUT2D eigenvalue weighted by atomic mass is 33.1. The first-order chi connectivity index (χ1) is 18.3. The van der Waals surface area contributed by atoms with Gasteiger partial charge in [0.2, 0.25) is 5.91 Å². The second kappa shape index (κ2) is 18.5. The van der Waals surface area contributed by atoms with E-state index in [-0.39, 0.29) is 42.3 Å². The van der Waals surface area contributed by atoms with E-state index in [4.69, 9.17) is 14.2 Å². The summed E-state index contributed by atoms with van der Waals surface area (Å²) >= 11 is 0. The Hall–Kier alpha value is -1.86. The molecule has 1 unspecified atom stereocenters. The smallest absolute Gasteiger partial charge is 0.251 e. The quantitative estimate of drug-likeness (QED) is 0.102. The minimum Gasteiger partial charge on any atom is -0.490 e. The number of carbonyl (C=O) groups excluding carboxylic acids is 2. The fourth-order valence-corrected chi connectivity index (χ4v) is 5.22. The summed E-state index contributed by atoms with van der Waals surface area (Å²) in [7, 11) is 3.31. The number of amides is 2. The van der Waals surface area contributed by atoms with Gasteiger partial charge in [0.15, 0.2) is 4.93 Å². The molecule has 0 saturated heterocycles. The fraction of sp³-hybridized carbons (Fsp3) is 0.667. The van der Waals surface area contributed by atoms with Crippen LogP contribution in [0.2, 0.25) is 0 Å². The van der Waals surface area contributed by atoms with Gasteiger partial charge in [0.25, 0.3) is 5.91 Å². The Balaban J connectivity index is 2.60. The van der Waals surface area contributed by atoms with Crippen LogP contribution in [0.1, 0.15) is 78.6 Å². The van der Waals surface area contributed by atoms with Crippen molar-refractivity contribution in [3.63, 3.8) is 0 Å². The molecule has 0 saturated carbocycles. The van der Waals surface area contributed by atoms with Gasteiger partial charge in [-0.15, -0.1) is 0 Å². The molecule has 0 radical (unpaired) electrons. The Bertz CT molecular complexity index is 937. The molecule has 0 bridgehead atoms. The summed E-state index contributed by atoms with van der Waals surface area (Å²) in [4.78, 5) is 23.8. The van der Waals surface area contributed by atoms with E-state index in [0.29, 0.717) is 36.9 Å². The molecule has 0 heterocycles. The first kappa shape index (κ1) is 35.2. The van der Waals surface area contributed by atoms with Crippen LogP contribution in [0.15, 0.2) is 24.3 Å². The van der Waals surface area contributed by atoms with Crippen molar-refractivity contribution in [3.05, 3.63) is 29.8 Å². The van der Waals surface area contributed by atoms with Crippen LogP contribution in [0.3, 0.4) is 0 Å². The predicted molar refractivity (Wildman–Crippen MR) is 164 cm³/mol. The second-order valence-electron chi connectivity index (χ2n) is 11.2. The van der Waals surface area contributed by atoms with E-state index in [1.54, 1.807) is 33.7 Å². The first-order valence-electron chi connectivity index (χ1n) is 13.6. The van der Waals surface area contributed by atoms with E-state index in [0.717, 1.165) is 12.8 Å². The van der Waals surface area contributed by atoms with Gasteiger partial charge >= 0.3 is 0 Å². The lowest BCUT2D eigenvalue weighted by atomic mass is 10.1. The molecule has 1 aromatic carbocycles. The fourth-order valence-electron chi connectivity index (χ4n) is 2.99. The Morgan fingerprint density at radius 1 is 1.03 bits per heavy atom. The molecule has 7 nitrogen and oxygen atoms in total. The highest BCUT2D eigenvalue weighted by molar-refractivity contribution is 8.77. The van der Waals surface area contributed by atoms with Gasteiger partial charge in [0.05, 0.1) is 19.8 Å². The lowest BCUT2D eigenvalue weighted by molar-refractivity contribution is -0.126.